The van der Waals surface area contributed by atoms with Gasteiger partial charge < -0.3 is 10.1 Å². The predicted molar refractivity (Wildman–Crippen MR) is 91.0 cm³/mol. The van der Waals surface area contributed by atoms with E-state index in [0.717, 1.165) is 39.1 Å². The maximum atomic E-state index is 5.46. The summed E-state index contributed by atoms with van der Waals surface area (Å²) in [5.41, 5.74) is 1.66. The van der Waals surface area contributed by atoms with Crippen LogP contribution in [-0.2, 0) is 17.8 Å². The first kappa shape index (κ1) is 16.9. The van der Waals surface area contributed by atoms with Crippen LogP contribution in [0.25, 0.3) is 0 Å². The van der Waals surface area contributed by atoms with Crippen LogP contribution in [0.15, 0.2) is 6.07 Å². The number of nitrogens with one attached hydrogen (secondary N) is 1. The Morgan fingerprint density at radius 2 is 2.00 bits per heavy atom. The fourth-order valence-electron chi connectivity index (χ4n) is 2.71. The molecule has 2 rings (SSSR count). The average molecular weight is 311 g/mol. The van der Waals surface area contributed by atoms with E-state index in [4.69, 9.17) is 4.74 Å². The van der Waals surface area contributed by atoms with Crippen molar-refractivity contribution in [1.82, 2.24) is 10.2 Å². The molecule has 1 aromatic rings. The standard InChI is InChI=1S/C17H30N2OS/c1-13-14(10-16(21-13)11-18-17(2,3)4)12-19(5)15-6-8-20-9-7-15/h10,15,18H,6-9,11-12H2,1-5H3. The van der Waals surface area contributed by atoms with Gasteiger partial charge in [0, 0.05) is 47.6 Å². The van der Waals surface area contributed by atoms with Gasteiger partial charge in [-0.3, -0.25) is 4.90 Å². The van der Waals surface area contributed by atoms with Crippen LogP contribution in [0.5, 0.6) is 0 Å². The Morgan fingerprint density at radius 1 is 1.33 bits per heavy atom. The monoisotopic (exact) mass is 310 g/mol. The van der Waals surface area contributed by atoms with E-state index in [2.05, 4.69) is 51.0 Å². The quantitative estimate of drug-likeness (QED) is 0.900. The first-order valence-electron chi connectivity index (χ1n) is 7.96. The van der Waals surface area contributed by atoms with Gasteiger partial charge in [-0.2, -0.15) is 0 Å². The minimum absolute atomic E-state index is 0.178. The summed E-state index contributed by atoms with van der Waals surface area (Å²) in [4.78, 5) is 5.40. The number of hydrogen-bond donors (Lipinski definition) is 1. The van der Waals surface area contributed by atoms with Crippen LogP contribution in [0.4, 0.5) is 0 Å². The summed E-state index contributed by atoms with van der Waals surface area (Å²) in [6, 6.07) is 3.06. The van der Waals surface area contributed by atoms with Gasteiger partial charge in [0.05, 0.1) is 0 Å². The van der Waals surface area contributed by atoms with Gasteiger partial charge in [-0.25, -0.2) is 0 Å². The van der Waals surface area contributed by atoms with Crippen LogP contribution in [0.3, 0.4) is 0 Å². The lowest BCUT2D eigenvalue weighted by Crippen LogP contribution is -2.36. The van der Waals surface area contributed by atoms with E-state index < -0.39 is 0 Å². The van der Waals surface area contributed by atoms with Crippen molar-refractivity contribution in [3.63, 3.8) is 0 Å². The molecule has 0 amide bonds. The molecule has 0 radical (unpaired) electrons. The van der Waals surface area contributed by atoms with Crippen molar-refractivity contribution in [3.8, 4) is 0 Å². The molecule has 0 unspecified atom stereocenters. The lowest BCUT2D eigenvalue weighted by molar-refractivity contribution is 0.0407. The van der Waals surface area contributed by atoms with Crippen molar-refractivity contribution in [3.05, 3.63) is 21.4 Å². The van der Waals surface area contributed by atoms with Crippen LogP contribution >= 0.6 is 11.3 Å². The highest BCUT2D eigenvalue weighted by Gasteiger charge is 2.19. The summed E-state index contributed by atoms with van der Waals surface area (Å²) < 4.78 is 5.46. The Hall–Kier alpha value is -0.420. The van der Waals surface area contributed by atoms with Gasteiger partial charge in [0.25, 0.3) is 0 Å². The zero-order valence-electron chi connectivity index (χ0n) is 14.2. The van der Waals surface area contributed by atoms with E-state index in [1.807, 2.05) is 11.3 Å². The zero-order chi connectivity index (χ0) is 15.5. The number of ether oxygens (including phenoxy) is 1. The Morgan fingerprint density at radius 3 is 2.62 bits per heavy atom. The molecule has 3 nitrogen and oxygen atoms in total. The summed E-state index contributed by atoms with van der Waals surface area (Å²) >= 11 is 1.93. The molecular formula is C17H30N2OS. The summed E-state index contributed by atoms with van der Waals surface area (Å²) in [6.45, 7) is 12.8. The highest BCUT2D eigenvalue weighted by Crippen LogP contribution is 2.25. The molecule has 120 valence electrons. The topological polar surface area (TPSA) is 24.5 Å². The second-order valence-electron chi connectivity index (χ2n) is 7.16. The highest BCUT2D eigenvalue weighted by molar-refractivity contribution is 7.12. The minimum Gasteiger partial charge on any atom is -0.381 e. The molecule has 4 heteroatoms. The molecule has 21 heavy (non-hydrogen) atoms. The number of aryl methyl sites for hydroxylation is 1. The molecule has 1 aliphatic heterocycles. The third-order valence-electron chi connectivity index (χ3n) is 4.10. The summed E-state index contributed by atoms with van der Waals surface area (Å²) in [7, 11) is 2.25. The number of nitrogens with zero attached hydrogens (tertiary/aromatic N) is 1. The number of thiophene rings is 1. The van der Waals surface area contributed by atoms with Gasteiger partial charge in [0.15, 0.2) is 0 Å². The van der Waals surface area contributed by atoms with Gasteiger partial charge in [-0.1, -0.05) is 0 Å². The Kier molecular flexibility index (Phi) is 5.83. The molecule has 0 bridgehead atoms. The van der Waals surface area contributed by atoms with Crippen LogP contribution in [-0.4, -0.2) is 36.7 Å². The van der Waals surface area contributed by atoms with Gasteiger partial charge >= 0.3 is 0 Å². The largest absolute Gasteiger partial charge is 0.381 e. The molecule has 2 heterocycles. The predicted octanol–water partition coefficient (Wildman–Crippen LogP) is 3.56. The Labute approximate surface area is 133 Å². The second-order valence-corrected chi connectivity index (χ2v) is 8.50. The first-order valence-corrected chi connectivity index (χ1v) is 8.78. The summed E-state index contributed by atoms with van der Waals surface area (Å²) in [5.74, 6) is 0. The number of rotatable bonds is 5. The third kappa shape index (κ3) is 5.37. The normalized spacial score (nSPS) is 17.6. The van der Waals surface area contributed by atoms with Crippen molar-refractivity contribution in [1.29, 1.82) is 0 Å². The molecule has 1 saturated heterocycles. The third-order valence-corrected chi connectivity index (χ3v) is 5.19. The maximum absolute atomic E-state index is 5.46. The van der Waals surface area contributed by atoms with Gasteiger partial charge in [-0.15, -0.1) is 11.3 Å². The van der Waals surface area contributed by atoms with E-state index in [-0.39, 0.29) is 5.54 Å². The molecule has 0 spiro atoms. The van der Waals surface area contributed by atoms with Crippen molar-refractivity contribution in [2.75, 3.05) is 20.3 Å². The van der Waals surface area contributed by atoms with Gasteiger partial charge in [-0.05, 0) is 59.2 Å². The maximum Gasteiger partial charge on any atom is 0.0480 e. The molecule has 0 aliphatic carbocycles. The second kappa shape index (κ2) is 7.23. The smallest absolute Gasteiger partial charge is 0.0480 e. The summed E-state index contributed by atoms with van der Waals surface area (Å²) in [5, 5.41) is 3.58. The molecule has 1 aliphatic rings. The average Bonchev–Trinajstić information content (AvgIpc) is 2.77. The van der Waals surface area contributed by atoms with Crippen LogP contribution < -0.4 is 5.32 Å². The molecule has 1 N–H and O–H groups in total. The van der Waals surface area contributed by atoms with Crippen LogP contribution in [0.2, 0.25) is 0 Å². The van der Waals surface area contributed by atoms with Crippen LogP contribution in [0.1, 0.15) is 48.9 Å². The van der Waals surface area contributed by atoms with Crippen molar-refractivity contribution < 1.29 is 4.74 Å². The SMILES string of the molecule is Cc1sc(CNC(C)(C)C)cc1CN(C)C1CCOCC1. The Balaban J connectivity index is 1.92. The molecule has 0 aromatic carbocycles. The summed E-state index contributed by atoms with van der Waals surface area (Å²) in [6.07, 6.45) is 2.33. The lowest BCUT2D eigenvalue weighted by atomic mass is 10.1. The Bertz CT molecular complexity index is 444. The molecule has 0 atom stereocenters. The highest BCUT2D eigenvalue weighted by atomic mass is 32.1. The van der Waals surface area contributed by atoms with Crippen molar-refractivity contribution >= 4 is 11.3 Å². The van der Waals surface area contributed by atoms with Crippen molar-refractivity contribution in [2.24, 2.45) is 0 Å². The lowest BCUT2D eigenvalue weighted by Gasteiger charge is -2.31. The van der Waals surface area contributed by atoms with Gasteiger partial charge in [0.1, 0.15) is 0 Å². The fourth-order valence-corrected chi connectivity index (χ4v) is 3.70. The number of hydrogen-bond acceptors (Lipinski definition) is 4. The van der Waals surface area contributed by atoms with Crippen molar-refractivity contribution in [2.45, 2.75) is 65.2 Å². The molecular weight excluding hydrogens is 280 g/mol. The fraction of sp³-hybridized carbons (Fsp3) is 0.765. The van der Waals surface area contributed by atoms with E-state index in [0.29, 0.717) is 6.04 Å². The minimum atomic E-state index is 0.178. The van der Waals surface area contributed by atoms with E-state index >= 15 is 0 Å². The molecule has 1 aromatic heterocycles. The molecule has 0 saturated carbocycles. The van der Waals surface area contributed by atoms with E-state index in [9.17, 15) is 0 Å². The van der Waals surface area contributed by atoms with E-state index in [1.54, 1.807) is 0 Å². The molecule has 1 fully saturated rings. The van der Waals surface area contributed by atoms with Gasteiger partial charge in [0.2, 0.25) is 0 Å². The zero-order valence-corrected chi connectivity index (χ0v) is 15.0. The van der Waals surface area contributed by atoms with Crippen LogP contribution in [0, 0.1) is 6.92 Å². The van der Waals surface area contributed by atoms with E-state index in [1.165, 1.54) is 15.3 Å². The first-order chi connectivity index (χ1) is 9.85.